The molecule has 3 heteroatoms. The number of nitrogens with one attached hydrogen (secondary N) is 1. The summed E-state index contributed by atoms with van der Waals surface area (Å²) in [6.45, 7) is 1.08. The Hall–Kier alpha value is -1.35. The van der Waals surface area contributed by atoms with Crippen molar-refractivity contribution in [1.29, 1.82) is 0 Å². The molecule has 1 N–H and O–H groups in total. The maximum absolute atomic E-state index is 10.4. The molecular formula is C13H18N2O. The molecule has 0 bridgehead atoms. The van der Waals surface area contributed by atoms with Gasteiger partial charge < -0.3 is 10.2 Å². The first kappa shape index (κ1) is 11.1. The largest absolute Gasteiger partial charge is 0.329 e. The van der Waals surface area contributed by atoms with E-state index in [0.717, 1.165) is 25.1 Å². The minimum Gasteiger partial charge on any atom is -0.329 e. The maximum atomic E-state index is 10.4. The van der Waals surface area contributed by atoms with E-state index in [-0.39, 0.29) is 0 Å². The summed E-state index contributed by atoms with van der Waals surface area (Å²) in [6, 6.07) is 6.23. The molecule has 0 aliphatic heterocycles. The lowest BCUT2D eigenvalue weighted by Gasteiger charge is -2.17. The van der Waals surface area contributed by atoms with Crippen LogP contribution in [0.1, 0.15) is 23.5 Å². The molecule has 1 unspecified atom stereocenters. The minimum absolute atomic E-state index is 0.610. The SMILES string of the molecule is CN(C)CC1CCc2ccc(NC=O)cc21. The highest BCUT2D eigenvalue weighted by atomic mass is 16.1. The van der Waals surface area contributed by atoms with Crippen molar-refractivity contribution < 1.29 is 4.79 Å². The van der Waals surface area contributed by atoms with Gasteiger partial charge >= 0.3 is 0 Å². The van der Waals surface area contributed by atoms with E-state index in [4.69, 9.17) is 0 Å². The molecule has 0 fully saturated rings. The van der Waals surface area contributed by atoms with Crippen LogP contribution in [0.4, 0.5) is 5.69 Å². The fourth-order valence-electron chi connectivity index (χ4n) is 2.48. The van der Waals surface area contributed by atoms with E-state index < -0.39 is 0 Å². The topological polar surface area (TPSA) is 32.3 Å². The summed E-state index contributed by atoms with van der Waals surface area (Å²) in [5.41, 5.74) is 3.74. The van der Waals surface area contributed by atoms with Crippen LogP contribution in [0.2, 0.25) is 0 Å². The Kier molecular flexibility index (Phi) is 3.25. The van der Waals surface area contributed by atoms with E-state index in [2.05, 4.69) is 36.4 Å². The molecule has 1 aromatic carbocycles. The zero-order valence-corrected chi connectivity index (χ0v) is 9.86. The van der Waals surface area contributed by atoms with Crippen molar-refractivity contribution in [3.8, 4) is 0 Å². The fourth-order valence-corrected chi connectivity index (χ4v) is 2.48. The first-order valence-corrected chi connectivity index (χ1v) is 5.68. The normalized spacial score (nSPS) is 18.6. The summed E-state index contributed by atoms with van der Waals surface area (Å²) >= 11 is 0. The molecule has 3 nitrogen and oxygen atoms in total. The molecule has 0 aromatic heterocycles. The van der Waals surface area contributed by atoms with Gasteiger partial charge in [-0.05, 0) is 56.1 Å². The molecule has 0 radical (unpaired) electrons. The van der Waals surface area contributed by atoms with Crippen LogP contribution in [0, 0.1) is 0 Å². The fraction of sp³-hybridized carbons (Fsp3) is 0.462. The molecule has 2 rings (SSSR count). The van der Waals surface area contributed by atoms with E-state index in [9.17, 15) is 4.79 Å². The van der Waals surface area contributed by atoms with Crippen LogP contribution in [0.5, 0.6) is 0 Å². The van der Waals surface area contributed by atoms with Crippen molar-refractivity contribution >= 4 is 12.1 Å². The molecule has 1 atom stereocenters. The molecule has 0 heterocycles. The van der Waals surface area contributed by atoms with Gasteiger partial charge in [-0.3, -0.25) is 4.79 Å². The first-order chi connectivity index (χ1) is 7.70. The molecular weight excluding hydrogens is 200 g/mol. The van der Waals surface area contributed by atoms with Gasteiger partial charge in [0.2, 0.25) is 6.41 Å². The lowest BCUT2D eigenvalue weighted by atomic mass is 10.0. The van der Waals surface area contributed by atoms with E-state index in [1.54, 1.807) is 0 Å². The predicted octanol–water partition coefficient (Wildman–Crippen LogP) is 1.85. The highest BCUT2D eigenvalue weighted by molar-refractivity contribution is 5.72. The summed E-state index contributed by atoms with van der Waals surface area (Å²) in [5.74, 6) is 0.610. The van der Waals surface area contributed by atoms with Crippen molar-refractivity contribution in [1.82, 2.24) is 4.90 Å². The third-order valence-corrected chi connectivity index (χ3v) is 3.16. The molecule has 1 amide bonds. The van der Waals surface area contributed by atoms with Crippen molar-refractivity contribution in [3.63, 3.8) is 0 Å². The van der Waals surface area contributed by atoms with Gasteiger partial charge in [-0.15, -0.1) is 0 Å². The molecule has 0 spiro atoms. The predicted molar refractivity (Wildman–Crippen MR) is 65.7 cm³/mol. The van der Waals surface area contributed by atoms with Crippen LogP contribution in [0.3, 0.4) is 0 Å². The van der Waals surface area contributed by atoms with Gasteiger partial charge in [0.25, 0.3) is 0 Å². The van der Waals surface area contributed by atoms with E-state index in [0.29, 0.717) is 5.92 Å². The number of amides is 1. The van der Waals surface area contributed by atoms with Crippen LogP contribution in [-0.4, -0.2) is 32.0 Å². The van der Waals surface area contributed by atoms with Gasteiger partial charge in [-0.1, -0.05) is 6.07 Å². The maximum Gasteiger partial charge on any atom is 0.211 e. The molecule has 0 saturated carbocycles. The second-order valence-electron chi connectivity index (χ2n) is 4.67. The zero-order valence-electron chi connectivity index (χ0n) is 9.86. The zero-order chi connectivity index (χ0) is 11.5. The van der Waals surface area contributed by atoms with Crippen molar-refractivity contribution in [2.75, 3.05) is 26.0 Å². The molecule has 1 aliphatic rings. The van der Waals surface area contributed by atoms with E-state index in [1.165, 1.54) is 17.5 Å². The summed E-state index contributed by atoms with van der Waals surface area (Å²) in [5, 5.41) is 2.72. The average molecular weight is 218 g/mol. The number of nitrogens with zero attached hydrogens (tertiary/aromatic N) is 1. The summed E-state index contributed by atoms with van der Waals surface area (Å²) in [7, 11) is 4.21. The number of fused-ring (bicyclic) bond motifs is 1. The Labute approximate surface area is 96.5 Å². The van der Waals surface area contributed by atoms with E-state index >= 15 is 0 Å². The Bertz CT molecular complexity index is 388. The van der Waals surface area contributed by atoms with Crippen LogP contribution in [-0.2, 0) is 11.2 Å². The number of likely N-dealkylation sites (N-methyl/N-ethyl adjacent to an activating group) is 1. The number of carbonyl (C=O) groups excluding carboxylic acids is 1. The lowest BCUT2D eigenvalue weighted by molar-refractivity contribution is -0.105. The van der Waals surface area contributed by atoms with Crippen molar-refractivity contribution in [2.45, 2.75) is 18.8 Å². The Morgan fingerprint density at radius 1 is 1.50 bits per heavy atom. The third kappa shape index (κ3) is 2.25. The monoisotopic (exact) mass is 218 g/mol. The number of hydrogen-bond acceptors (Lipinski definition) is 2. The summed E-state index contributed by atoms with van der Waals surface area (Å²) in [6.07, 6.45) is 3.12. The van der Waals surface area contributed by atoms with E-state index in [1.807, 2.05) is 6.07 Å². The van der Waals surface area contributed by atoms with Gasteiger partial charge in [0.05, 0.1) is 0 Å². The second kappa shape index (κ2) is 4.66. The lowest BCUT2D eigenvalue weighted by Crippen LogP contribution is -2.18. The first-order valence-electron chi connectivity index (χ1n) is 5.68. The molecule has 0 saturated heterocycles. The number of rotatable bonds is 4. The van der Waals surface area contributed by atoms with Crippen LogP contribution >= 0.6 is 0 Å². The van der Waals surface area contributed by atoms with Gasteiger partial charge in [0.15, 0.2) is 0 Å². The van der Waals surface area contributed by atoms with Gasteiger partial charge in [-0.2, -0.15) is 0 Å². The highest BCUT2D eigenvalue weighted by Gasteiger charge is 2.22. The average Bonchev–Trinajstić information content (AvgIpc) is 2.61. The standard InChI is InChI=1S/C13H18N2O/c1-15(2)8-11-4-3-10-5-6-12(14-9-16)7-13(10)11/h5-7,9,11H,3-4,8H2,1-2H3,(H,14,16). The number of hydrogen-bond donors (Lipinski definition) is 1. The molecule has 86 valence electrons. The van der Waals surface area contributed by atoms with Crippen LogP contribution in [0.25, 0.3) is 0 Å². The highest BCUT2D eigenvalue weighted by Crippen LogP contribution is 2.34. The molecule has 1 aliphatic carbocycles. The van der Waals surface area contributed by atoms with Gasteiger partial charge in [-0.25, -0.2) is 0 Å². The molecule has 1 aromatic rings. The quantitative estimate of drug-likeness (QED) is 0.782. The molecule has 16 heavy (non-hydrogen) atoms. The number of aryl methyl sites for hydroxylation is 1. The van der Waals surface area contributed by atoms with Crippen LogP contribution in [0.15, 0.2) is 18.2 Å². The minimum atomic E-state index is 0.610. The van der Waals surface area contributed by atoms with Crippen LogP contribution < -0.4 is 5.32 Å². The number of benzene rings is 1. The smallest absolute Gasteiger partial charge is 0.211 e. The summed E-state index contributed by atoms with van der Waals surface area (Å²) < 4.78 is 0. The van der Waals surface area contributed by atoms with Crippen molar-refractivity contribution in [2.24, 2.45) is 0 Å². The Morgan fingerprint density at radius 2 is 2.31 bits per heavy atom. The number of anilines is 1. The number of carbonyl (C=O) groups is 1. The third-order valence-electron chi connectivity index (χ3n) is 3.16. The van der Waals surface area contributed by atoms with Gasteiger partial charge in [0, 0.05) is 12.2 Å². The van der Waals surface area contributed by atoms with Gasteiger partial charge in [0.1, 0.15) is 0 Å². The second-order valence-corrected chi connectivity index (χ2v) is 4.67. The Morgan fingerprint density at radius 3 is 3.00 bits per heavy atom. The Balaban J connectivity index is 2.22. The summed E-state index contributed by atoms with van der Waals surface area (Å²) in [4.78, 5) is 12.6. The van der Waals surface area contributed by atoms with Crippen molar-refractivity contribution in [3.05, 3.63) is 29.3 Å².